The lowest BCUT2D eigenvalue weighted by Crippen LogP contribution is -2.49. The van der Waals surface area contributed by atoms with E-state index in [2.05, 4.69) is 5.32 Å². The van der Waals surface area contributed by atoms with Gasteiger partial charge in [-0.1, -0.05) is 0 Å². The molecule has 68 valence electrons. The Morgan fingerprint density at radius 1 is 1.33 bits per heavy atom. The third kappa shape index (κ3) is 1.27. The molecule has 0 aromatic heterocycles. The third-order valence-corrected chi connectivity index (χ3v) is 3.21. The highest BCUT2D eigenvalue weighted by molar-refractivity contribution is 5.80. The zero-order chi connectivity index (χ0) is 8.55. The Bertz CT molecular complexity index is 177. The molecule has 0 aromatic rings. The molecule has 2 fully saturated rings. The Morgan fingerprint density at radius 3 is 2.42 bits per heavy atom. The number of Topliss-reactive ketones (excluding diaryl/α,β-unsaturated/α-hetero) is 1. The van der Waals surface area contributed by atoms with Crippen LogP contribution in [0.1, 0.15) is 12.8 Å². The van der Waals surface area contributed by atoms with Gasteiger partial charge in [0.25, 0.3) is 0 Å². The molecular formula is C9H15NO2. The fraction of sp³-hybridized carbons (Fsp3) is 0.889. The molecule has 2 rings (SSSR count). The number of hydrogen-bond donors (Lipinski definition) is 2. The van der Waals surface area contributed by atoms with Gasteiger partial charge in [-0.2, -0.15) is 0 Å². The number of rotatable bonds is 1. The molecule has 1 heterocycles. The summed E-state index contributed by atoms with van der Waals surface area (Å²) in [5.74, 6) is 1.56. The Hall–Kier alpha value is -0.410. The molecule has 2 unspecified atom stereocenters. The summed E-state index contributed by atoms with van der Waals surface area (Å²) in [5, 5.41) is 12.5. The van der Waals surface area contributed by atoms with Gasteiger partial charge >= 0.3 is 0 Å². The van der Waals surface area contributed by atoms with Gasteiger partial charge in [0.15, 0.2) is 0 Å². The molecule has 1 aliphatic carbocycles. The van der Waals surface area contributed by atoms with E-state index in [1.165, 1.54) is 0 Å². The summed E-state index contributed by atoms with van der Waals surface area (Å²) in [4.78, 5) is 11.2. The highest BCUT2D eigenvalue weighted by Gasteiger charge is 2.38. The summed E-state index contributed by atoms with van der Waals surface area (Å²) in [6.07, 6.45) is 1.35. The minimum absolute atomic E-state index is 0.254. The summed E-state index contributed by atoms with van der Waals surface area (Å²) in [6, 6.07) is 0. The van der Waals surface area contributed by atoms with E-state index in [0.29, 0.717) is 36.4 Å². The molecule has 3 heteroatoms. The minimum atomic E-state index is 0.254. The van der Waals surface area contributed by atoms with Gasteiger partial charge in [0.05, 0.1) is 0 Å². The molecule has 1 saturated heterocycles. The molecular weight excluding hydrogens is 154 g/mol. The predicted octanol–water partition coefficient (Wildman–Crippen LogP) is -0.207. The van der Waals surface area contributed by atoms with Crippen LogP contribution in [0, 0.1) is 17.8 Å². The molecule has 1 saturated carbocycles. The number of carbonyl (C=O) groups is 1. The van der Waals surface area contributed by atoms with Crippen LogP contribution in [0.3, 0.4) is 0 Å². The quantitative estimate of drug-likeness (QED) is 0.571. The number of aliphatic hydroxyl groups excluding tert-OH is 1. The smallest absolute Gasteiger partial charge is 0.133 e. The average Bonchev–Trinajstić information content (AvgIpc) is 2.02. The van der Waals surface area contributed by atoms with Gasteiger partial charge in [0.2, 0.25) is 0 Å². The first kappa shape index (κ1) is 8.20. The van der Waals surface area contributed by atoms with Gasteiger partial charge < -0.3 is 10.4 Å². The normalized spacial score (nSPS) is 41.4. The van der Waals surface area contributed by atoms with Gasteiger partial charge in [0.1, 0.15) is 5.78 Å². The predicted molar refractivity (Wildman–Crippen MR) is 44.7 cm³/mol. The Morgan fingerprint density at radius 2 is 1.92 bits per heavy atom. The van der Waals surface area contributed by atoms with E-state index in [1.54, 1.807) is 0 Å². The second-order valence-electron chi connectivity index (χ2n) is 3.97. The summed E-state index contributed by atoms with van der Waals surface area (Å²) in [7, 11) is 0. The largest absolute Gasteiger partial charge is 0.396 e. The molecule has 0 aromatic carbocycles. The molecule has 0 amide bonds. The standard InChI is InChI=1S/C9H15NO2/c11-5-9-6-1-8(12)2-7(9)4-10-3-6/h6-7,9-11H,1-5H2. The lowest BCUT2D eigenvalue weighted by molar-refractivity contribution is -0.126. The van der Waals surface area contributed by atoms with Gasteiger partial charge in [-0.25, -0.2) is 0 Å². The number of ketones is 1. The maximum atomic E-state index is 11.2. The van der Waals surface area contributed by atoms with Crippen LogP contribution in [0.5, 0.6) is 0 Å². The van der Waals surface area contributed by atoms with E-state index >= 15 is 0 Å². The molecule has 2 atom stereocenters. The molecule has 0 radical (unpaired) electrons. The highest BCUT2D eigenvalue weighted by Crippen LogP contribution is 2.34. The lowest BCUT2D eigenvalue weighted by Gasteiger charge is -2.41. The maximum Gasteiger partial charge on any atom is 0.133 e. The topological polar surface area (TPSA) is 49.3 Å². The van der Waals surface area contributed by atoms with Crippen LogP contribution in [-0.4, -0.2) is 30.6 Å². The van der Waals surface area contributed by atoms with Crippen molar-refractivity contribution >= 4 is 5.78 Å². The van der Waals surface area contributed by atoms with E-state index in [9.17, 15) is 4.79 Å². The minimum Gasteiger partial charge on any atom is -0.396 e. The first-order chi connectivity index (χ1) is 5.81. The van der Waals surface area contributed by atoms with E-state index in [0.717, 1.165) is 13.1 Å². The van der Waals surface area contributed by atoms with Crippen molar-refractivity contribution in [3.8, 4) is 0 Å². The SMILES string of the molecule is O=C1CC2CNCC(C1)C2CO. The van der Waals surface area contributed by atoms with Crippen LogP contribution in [0.2, 0.25) is 0 Å². The van der Waals surface area contributed by atoms with Crippen LogP contribution in [-0.2, 0) is 4.79 Å². The molecule has 12 heavy (non-hydrogen) atoms. The van der Waals surface area contributed by atoms with Gasteiger partial charge in [0, 0.05) is 19.4 Å². The molecule has 0 spiro atoms. The second kappa shape index (κ2) is 3.15. The van der Waals surface area contributed by atoms with Crippen LogP contribution in [0.25, 0.3) is 0 Å². The number of fused-ring (bicyclic) bond motifs is 2. The van der Waals surface area contributed by atoms with Gasteiger partial charge in [-0.15, -0.1) is 0 Å². The first-order valence-electron chi connectivity index (χ1n) is 4.64. The van der Waals surface area contributed by atoms with E-state index in [4.69, 9.17) is 5.11 Å². The van der Waals surface area contributed by atoms with Crippen LogP contribution >= 0.6 is 0 Å². The van der Waals surface area contributed by atoms with Crippen molar-refractivity contribution in [1.29, 1.82) is 0 Å². The number of nitrogens with one attached hydrogen (secondary N) is 1. The van der Waals surface area contributed by atoms with Crippen molar-refractivity contribution in [2.75, 3.05) is 19.7 Å². The highest BCUT2D eigenvalue weighted by atomic mass is 16.3. The maximum absolute atomic E-state index is 11.2. The number of piperidine rings is 1. The van der Waals surface area contributed by atoms with E-state index in [-0.39, 0.29) is 6.61 Å². The van der Waals surface area contributed by atoms with Gasteiger partial charge in [-0.3, -0.25) is 4.79 Å². The van der Waals surface area contributed by atoms with E-state index < -0.39 is 0 Å². The zero-order valence-electron chi connectivity index (χ0n) is 7.12. The second-order valence-corrected chi connectivity index (χ2v) is 3.97. The number of hydrogen-bond acceptors (Lipinski definition) is 3. The summed E-state index contributed by atoms with van der Waals surface area (Å²) in [5.41, 5.74) is 0. The summed E-state index contributed by atoms with van der Waals surface area (Å²) < 4.78 is 0. The van der Waals surface area contributed by atoms with Crippen molar-refractivity contribution in [3.63, 3.8) is 0 Å². The average molecular weight is 169 g/mol. The van der Waals surface area contributed by atoms with Crippen molar-refractivity contribution < 1.29 is 9.90 Å². The fourth-order valence-electron chi connectivity index (χ4n) is 2.56. The first-order valence-corrected chi connectivity index (χ1v) is 4.64. The zero-order valence-corrected chi connectivity index (χ0v) is 7.12. The monoisotopic (exact) mass is 169 g/mol. The molecule has 2 aliphatic rings. The van der Waals surface area contributed by atoms with Crippen molar-refractivity contribution in [3.05, 3.63) is 0 Å². The van der Waals surface area contributed by atoms with Crippen LogP contribution in [0.4, 0.5) is 0 Å². The molecule has 2 bridgehead atoms. The van der Waals surface area contributed by atoms with Crippen LogP contribution < -0.4 is 5.32 Å². The summed E-state index contributed by atoms with van der Waals surface area (Å²) >= 11 is 0. The summed E-state index contributed by atoms with van der Waals surface area (Å²) in [6.45, 7) is 2.07. The van der Waals surface area contributed by atoms with Crippen LogP contribution in [0.15, 0.2) is 0 Å². The molecule has 3 nitrogen and oxygen atoms in total. The molecule has 1 aliphatic heterocycles. The number of aliphatic hydroxyl groups is 1. The van der Waals surface area contributed by atoms with Crippen molar-refractivity contribution in [2.45, 2.75) is 12.8 Å². The van der Waals surface area contributed by atoms with E-state index in [1.807, 2.05) is 0 Å². The lowest BCUT2D eigenvalue weighted by atomic mass is 9.69. The number of carbonyl (C=O) groups excluding carboxylic acids is 1. The Balaban J connectivity index is 2.11. The van der Waals surface area contributed by atoms with Gasteiger partial charge in [-0.05, 0) is 30.8 Å². The fourth-order valence-corrected chi connectivity index (χ4v) is 2.56. The Kier molecular flexibility index (Phi) is 2.15. The van der Waals surface area contributed by atoms with Crippen molar-refractivity contribution in [1.82, 2.24) is 5.32 Å². The Labute approximate surface area is 72.2 Å². The van der Waals surface area contributed by atoms with Crippen molar-refractivity contribution in [2.24, 2.45) is 17.8 Å². The third-order valence-electron chi connectivity index (χ3n) is 3.21. The molecule has 2 N–H and O–H groups in total.